The number of rotatable bonds is 4. The van der Waals surface area contributed by atoms with Crippen LogP contribution in [0.25, 0.3) is 0 Å². The molecule has 0 amide bonds. The fourth-order valence-electron chi connectivity index (χ4n) is 2.63. The van der Waals surface area contributed by atoms with E-state index in [1.807, 2.05) is 18.2 Å². The zero-order valence-corrected chi connectivity index (χ0v) is 13.5. The zero-order chi connectivity index (χ0) is 15.5. The average Bonchev–Trinajstić information content (AvgIpc) is 2.46. The van der Waals surface area contributed by atoms with Crippen LogP contribution in [-0.2, 0) is 6.42 Å². The maximum atomic E-state index is 12.6. The van der Waals surface area contributed by atoms with E-state index in [1.165, 1.54) is 0 Å². The third-order valence-electron chi connectivity index (χ3n) is 4.00. The summed E-state index contributed by atoms with van der Waals surface area (Å²) in [6.07, 6.45) is -2.82. The molecule has 0 radical (unpaired) electrons. The van der Waals surface area contributed by atoms with E-state index in [1.54, 1.807) is 7.11 Å². The van der Waals surface area contributed by atoms with Crippen LogP contribution in [0, 0.1) is 5.92 Å². The molecule has 118 valence electrons. The summed E-state index contributed by atoms with van der Waals surface area (Å²) in [6, 6.07) is 5.78. The van der Waals surface area contributed by atoms with E-state index in [0.29, 0.717) is 13.1 Å². The molecule has 2 nitrogen and oxygen atoms in total. The molecule has 21 heavy (non-hydrogen) atoms. The van der Waals surface area contributed by atoms with Gasteiger partial charge in [0.15, 0.2) is 0 Å². The third-order valence-corrected chi connectivity index (χ3v) is 4.77. The quantitative estimate of drug-likeness (QED) is 0.789. The van der Waals surface area contributed by atoms with Crippen molar-refractivity contribution in [2.24, 2.45) is 5.92 Å². The number of ether oxygens (including phenoxy) is 1. The first-order chi connectivity index (χ1) is 9.90. The first-order valence-corrected chi connectivity index (χ1v) is 7.81. The number of nitrogens with zero attached hydrogens (tertiary/aromatic N) is 1. The van der Waals surface area contributed by atoms with Crippen molar-refractivity contribution in [2.45, 2.75) is 25.4 Å². The summed E-state index contributed by atoms with van der Waals surface area (Å²) in [5.74, 6) is -0.332. The van der Waals surface area contributed by atoms with Crippen LogP contribution in [0.3, 0.4) is 0 Å². The summed E-state index contributed by atoms with van der Waals surface area (Å²) < 4.78 is 44.1. The predicted molar refractivity (Wildman–Crippen MR) is 79.6 cm³/mol. The molecule has 0 aliphatic carbocycles. The van der Waals surface area contributed by atoms with Gasteiger partial charge in [0.25, 0.3) is 0 Å². The van der Waals surface area contributed by atoms with Gasteiger partial charge >= 0.3 is 6.18 Å². The first kappa shape index (κ1) is 16.6. The van der Waals surface area contributed by atoms with Gasteiger partial charge in [0, 0.05) is 11.0 Å². The number of likely N-dealkylation sites (tertiary alicyclic amines) is 1. The van der Waals surface area contributed by atoms with E-state index in [0.717, 1.165) is 28.8 Å². The van der Waals surface area contributed by atoms with Gasteiger partial charge in [0.2, 0.25) is 0 Å². The van der Waals surface area contributed by atoms with Crippen molar-refractivity contribution < 1.29 is 17.9 Å². The Morgan fingerprint density at radius 1 is 1.29 bits per heavy atom. The molecule has 0 unspecified atom stereocenters. The molecule has 0 bridgehead atoms. The van der Waals surface area contributed by atoms with Crippen molar-refractivity contribution >= 4 is 15.9 Å². The number of halogens is 4. The fourth-order valence-corrected chi connectivity index (χ4v) is 3.08. The van der Waals surface area contributed by atoms with Gasteiger partial charge in [-0.05, 0) is 56.1 Å². The smallest absolute Gasteiger partial charge is 0.391 e. The van der Waals surface area contributed by atoms with Gasteiger partial charge in [-0.25, -0.2) is 0 Å². The van der Waals surface area contributed by atoms with E-state index in [2.05, 4.69) is 20.8 Å². The molecular weight excluding hydrogens is 347 g/mol. The standard InChI is InChI=1S/C15H19BrF3NO/c1-21-13-2-3-14(16)11(10-13)4-7-20-8-5-12(6-9-20)15(17,18)19/h2-3,10,12H,4-9H2,1H3. The topological polar surface area (TPSA) is 12.5 Å². The number of hydrogen-bond acceptors (Lipinski definition) is 2. The van der Waals surface area contributed by atoms with Gasteiger partial charge in [-0.1, -0.05) is 15.9 Å². The van der Waals surface area contributed by atoms with E-state index < -0.39 is 12.1 Å². The van der Waals surface area contributed by atoms with Crippen LogP contribution in [0.2, 0.25) is 0 Å². The summed E-state index contributed by atoms with van der Waals surface area (Å²) in [5, 5.41) is 0. The lowest BCUT2D eigenvalue weighted by molar-refractivity contribution is -0.185. The van der Waals surface area contributed by atoms with E-state index in [-0.39, 0.29) is 12.8 Å². The average molecular weight is 366 g/mol. The molecule has 1 aliphatic heterocycles. The van der Waals surface area contributed by atoms with Crippen LogP contribution < -0.4 is 4.74 Å². The Morgan fingerprint density at radius 2 is 1.95 bits per heavy atom. The highest BCUT2D eigenvalue weighted by molar-refractivity contribution is 9.10. The Kier molecular flexibility index (Phi) is 5.54. The van der Waals surface area contributed by atoms with Gasteiger partial charge in [-0.3, -0.25) is 0 Å². The second-order valence-corrected chi connectivity index (χ2v) is 6.22. The Hall–Kier alpha value is -0.750. The van der Waals surface area contributed by atoms with Crippen LogP contribution in [0.4, 0.5) is 13.2 Å². The minimum Gasteiger partial charge on any atom is -0.497 e. The zero-order valence-electron chi connectivity index (χ0n) is 11.9. The Bertz CT molecular complexity index is 470. The van der Waals surface area contributed by atoms with Gasteiger partial charge in [0.05, 0.1) is 13.0 Å². The SMILES string of the molecule is COc1ccc(Br)c(CCN2CCC(C(F)(F)F)CC2)c1. The lowest BCUT2D eigenvalue weighted by atomic mass is 9.96. The van der Waals surface area contributed by atoms with Crippen LogP contribution in [-0.4, -0.2) is 37.8 Å². The summed E-state index contributed by atoms with van der Waals surface area (Å²) in [4.78, 5) is 2.11. The van der Waals surface area contributed by atoms with Crippen LogP contribution in [0.15, 0.2) is 22.7 Å². The van der Waals surface area contributed by atoms with Gasteiger partial charge in [0.1, 0.15) is 5.75 Å². The summed E-state index contributed by atoms with van der Waals surface area (Å²) in [7, 11) is 1.62. The minimum atomic E-state index is -4.04. The molecule has 2 rings (SSSR count). The van der Waals surface area contributed by atoms with Crippen molar-refractivity contribution in [1.29, 1.82) is 0 Å². The molecule has 0 saturated carbocycles. The van der Waals surface area contributed by atoms with Crippen LogP contribution >= 0.6 is 15.9 Å². The summed E-state index contributed by atoms with van der Waals surface area (Å²) in [6.45, 7) is 1.81. The Morgan fingerprint density at radius 3 is 2.52 bits per heavy atom. The highest BCUT2D eigenvalue weighted by Gasteiger charge is 2.40. The highest BCUT2D eigenvalue weighted by Crippen LogP contribution is 2.34. The van der Waals surface area contributed by atoms with Gasteiger partial charge < -0.3 is 9.64 Å². The second kappa shape index (κ2) is 7.01. The van der Waals surface area contributed by atoms with E-state index in [4.69, 9.17) is 4.74 Å². The van der Waals surface area contributed by atoms with E-state index >= 15 is 0 Å². The van der Waals surface area contributed by atoms with Crippen molar-refractivity contribution in [3.63, 3.8) is 0 Å². The molecule has 0 N–H and O–H groups in total. The number of benzene rings is 1. The van der Waals surface area contributed by atoms with Crippen molar-refractivity contribution in [1.82, 2.24) is 4.90 Å². The Labute approximate surface area is 131 Å². The van der Waals surface area contributed by atoms with Crippen molar-refractivity contribution in [3.8, 4) is 5.75 Å². The fraction of sp³-hybridized carbons (Fsp3) is 0.600. The normalized spacial score (nSPS) is 18.0. The Balaban J connectivity index is 1.85. The van der Waals surface area contributed by atoms with Crippen LogP contribution in [0.5, 0.6) is 5.75 Å². The molecule has 6 heteroatoms. The molecule has 0 atom stereocenters. The lowest BCUT2D eigenvalue weighted by Gasteiger charge is -2.32. The van der Waals surface area contributed by atoms with Crippen LogP contribution in [0.1, 0.15) is 18.4 Å². The molecule has 1 heterocycles. The molecule has 0 aromatic heterocycles. The van der Waals surface area contributed by atoms with E-state index in [9.17, 15) is 13.2 Å². The van der Waals surface area contributed by atoms with Crippen molar-refractivity contribution in [3.05, 3.63) is 28.2 Å². The molecule has 0 spiro atoms. The molecular formula is C15H19BrF3NO. The summed E-state index contributed by atoms with van der Waals surface area (Å²) in [5.41, 5.74) is 1.12. The van der Waals surface area contributed by atoms with Crippen molar-refractivity contribution in [2.75, 3.05) is 26.7 Å². The second-order valence-electron chi connectivity index (χ2n) is 5.36. The summed E-state index contributed by atoms with van der Waals surface area (Å²) >= 11 is 3.50. The third kappa shape index (κ3) is 4.61. The highest BCUT2D eigenvalue weighted by atomic mass is 79.9. The number of methoxy groups -OCH3 is 1. The monoisotopic (exact) mass is 365 g/mol. The molecule has 1 fully saturated rings. The number of alkyl halides is 3. The molecule has 1 saturated heterocycles. The minimum absolute atomic E-state index is 0.211. The maximum absolute atomic E-state index is 12.6. The molecule has 1 aromatic rings. The van der Waals surface area contributed by atoms with Gasteiger partial charge in [-0.2, -0.15) is 13.2 Å². The largest absolute Gasteiger partial charge is 0.497 e. The molecule has 1 aromatic carbocycles. The van der Waals surface area contributed by atoms with Gasteiger partial charge in [-0.15, -0.1) is 0 Å². The lowest BCUT2D eigenvalue weighted by Crippen LogP contribution is -2.39. The molecule has 1 aliphatic rings. The number of piperidine rings is 1. The number of hydrogen-bond donors (Lipinski definition) is 0. The maximum Gasteiger partial charge on any atom is 0.391 e. The first-order valence-electron chi connectivity index (χ1n) is 7.01. The predicted octanol–water partition coefficient (Wildman–Crippen LogP) is 4.27.